The third-order valence-corrected chi connectivity index (χ3v) is 0.554. The number of allylic oxidation sites excluding steroid dienone is 1. The van der Waals surface area contributed by atoms with Gasteiger partial charge in [0.25, 0.3) is 0 Å². The Balaban J connectivity index is -0.0000000300. The van der Waals surface area contributed by atoms with Crippen molar-refractivity contribution in [2.75, 3.05) is 6.54 Å². The fraction of sp³-hybridized carbons (Fsp3) is 0.400. The van der Waals surface area contributed by atoms with Gasteiger partial charge in [0.1, 0.15) is 0 Å². The Bertz CT molecular complexity index is 99.7. The van der Waals surface area contributed by atoms with Crippen LogP contribution in [0.3, 0.4) is 0 Å². The van der Waals surface area contributed by atoms with Crippen LogP contribution >= 0.6 is 0 Å². The molecule has 0 aromatic rings. The van der Waals surface area contributed by atoms with Gasteiger partial charge in [-0.1, -0.05) is 6.08 Å². The Morgan fingerprint density at radius 2 is 1.73 bits per heavy atom. The number of rotatable bonds is 2. The molecule has 0 aromatic heterocycles. The van der Waals surface area contributed by atoms with Crippen LogP contribution in [0, 0.1) is 0 Å². The second kappa shape index (κ2) is 22.5. The molecule has 0 fully saturated rings. The summed E-state index contributed by atoms with van der Waals surface area (Å²) in [5.41, 5.74) is 4.96. The molecule has 0 aromatic carbocycles. The molecule has 0 aliphatic rings. The molecular weight excluding hydrogens is 195 g/mol. The van der Waals surface area contributed by atoms with Crippen LogP contribution in [0.2, 0.25) is 0 Å². The second-order valence-corrected chi connectivity index (χ2v) is 1.17. The van der Waals surface area contributed by atoms with Gasteiger partial charge in [0, 0.05) is 0 Å². The smallest absolute Gasteiger partial charge is 1.00 e. The Kier molecular flexibility index (Phi) is 62.9. The van der Waals surface area contributed by atoms with Gasteiger partial charge < -0.3 is 19.8 Å². The first kappa shape index (κ1) is 30.7. The van der Waals surface area contributed by atoms with Gasteiger partial charge in [-0.2, -0.15) is 0 Å². The number of hydrogen-bond donors (Lipinski definition) is 1. The zero-order valence-corrected chi connectivity index (χ0v) is 7.54. The van der Waals surface area contributed by atoms with Gasteiger partial charge in [-0.05, 0) is 13.0 Å². The normalized spacial score (nSPS) is 6.36. The zero-order chi connectivity index (χ0) is 5.70. The van der Waals surface area contributed by atoms with Crippen molar-refractivity contribution in [3.8, 4) is 0 Å². The quantitative estimate of drug-likeness (QED) is 0.358. The van der Waals surface area contributed by atoms with Crippen LogP contribution in [0.5, 0.6) is 0 Å². The second-order valence-electron chi connectivity index (χ2n) is 1.17. The van der Waals surface area contributed by atoms with E-state index in [1.807, 2.05) is 0 Å². The molecule has 2 N–H and O–H groups in total. The molecule has 1 radical (unpaired) electrons. The molecule has 0 amide bonds. The predicted octanol–water partition coefficient (Wildman–Crippen LogP) is -8.90. The zero-order valence-electron chi connectivity index (χ0n) is 5.98. The summed E-state index contributed by atoms with van der Waals surface area (Å²) in [5, 5.41) is 0. The summed E-state index contributed by atoms with van der Waals surface area (Å²) in [6.45, 7) is 1.90. The molecule has 65 valence electrons. The van der Waals surface area contributed by atoms with Crippen molar-refractivity contribution in [2.45, 2.75) is 6.92 Å². The van der Waals surface area contributed by atoms with Gasteiger partial charge in [0.15, 0.2) is 5.78 Å². The maximum Gasteiger partial charge on any atom is 3.00 e. The molecule has 0 heterocycles. The van der Waals surface area contributed by atoms with Crippen molar-refractivity contribution in [1.29, 1.82) is 0 Å². The summed E-state index contributed by atoms with van der Waals surface area (Å²) in [5.74, 6) is -0.0255. The largest absolute Gasteiger partial charge is 3.00 e. The van der Waals surface area contributed by atoms with Gasteiger partial charge in [0.2, 0.25) is 0 Å². The first-order valence-electron chi connectivity index (χ1n) is 2.17. The minimum absolute atomic E-state index is 0. The van der Waals surface area contributed by atoms with E-state index in [9.17, 15) is 4.79 Å². The van der Waals surface area contributed by atoms with E-state index in [-0.39, 0.29) is 48.2 Å². The number of hydrogen-bond acceptors (Lipinski definition) is 2. The molecule has 0 saturated carbocycles. The van der Waals surface area contributed by atoms with Crippen LogP contribution in [0.1, 0.15) is 6.92 Å². The maximum atomic E-state index is 10.2. The van der Waals surface area contributed by atoms with Crippen LogP contribution in [0.15, 0.2) is 12.2 Å². The van der Waals surface area contributed by atoms with Crippen LogP contribution in [-0.2, 0) is 26.5 Å². The Morgan fingerprint density at radius 3 is 1.82 bits per heavy atom. The van der Waals surface area contributed by atoms with E-state index >= 15 is 0 Å². The van der Waals surface area contributed by atoms with Gasteiger partial charge in [0.05, 0.1) is 6.54 Å². The van der Waals surface area contributed by atoms with Crippen molar-refractivity contribution >= 4 is 5.78 Å². The molecule has 0 rings (SSSR count). The van der Waals surface area contributed by atoms with Gasteiger partial charge in [-0.15, -0.1) is 0 Å². The minimum Gasteiger partial charge on any atom is -1.00 e. The number of nitrogens with two attached hydrogens (primary N) is 1. The maximum absolute atomic E-state index is 10.2. The third-order valence-electron chi connectivity index (χ3n) is 0.554. The van der Waals surface area contributed by atoms with Crippen molar-refractivity contribution in [2.24, 2.45) is 5.73 Å². The molecule has 0 aliphatic carbocycles. The topological polar surface area (TPSA) is 43.1 Å². The molecular formula is C5H9F3NOTi. The van der Waals surface area contributed by atoms with Crippen molar-refractivity contribution < 1.29 is 40.6 Å². The molecule has 0 spiro atoms. The van der Waals surface area contributed by atoms with Crippen molar-refractivity contribution in [3.05, 3.63) is 12.2 Å². The van der Waals surface area contributed by atoms with E-state index in [0.717, 1.165) is 0 Å². The van der Waals surface area contributed by atoms with Gasteiger partial charge >= 0.3 is 21.7 Å². The molecule has 2 nitrogen and oxygen atoms in total. The van der Waals surface area contributed by atoms with E-state index in [4.69, 9.17) is 5.73 Å². The molecule has 0 unspecified atom stereocenters. The van der Waals surface area contributed by atoms with E-state index in [0.29, 0.717) is 0 Å². The summed E-state index contributed by atoms with van der Waals surface area (Å²) in [6, 6.07) is 0. The number of halogens is 3. The van der Waals surface area contributed by atoms with Crippen LogP contribution < -0.4 is 19.8 Å². The van der Waals surface area contributed by atoms with Crippen LogP contribution in [-0.4, -0.2) is 12.3 Å². The summed E-state index contributed by atoms with van der Waals surface area (Å²) >= 11 is 0. The van der Waals surface area contributed by atoms with Crippen LogP contribution in [0.4, 0.5) is 0 Å². The summed E-state index contributed by atoms with van der Waals surface area (Å²) in [7, 11) is 0. The summed E-state index contributed by atoms with van der Waals surface area (Å²) in [4.78, 5) is 10.2. The van der Waals surface area contributed by atoms with Crippen molar-refractivity contribution in [3.63, 3.8) is 0 Å². The summed E-state index contributed by atoms with van der Waals surface area (Å²) in [6.07, 6.45) is 3.13. The average molecular weight is 204 g/mol. The standard InChI is InChI=1S/C5H9NO.3FH.Ti/c1-2-3-5(7)4-6;;;;/h2-3H,4,6H2,1H3;3*1H;/q;;;;+3/p-3. The molecule has 0 saturated heterocycles. The number of carbonyl (C=O) groups is 1. The Labute approximate surface area is 78.2 Å². The fourth-order valence-electron chi connectivity index (χ4n) is 0.254. The van der Waals surface area contributed by atoms with Gasteiger partial charge in [-0.25, -0.2) is 0 Å². The van der Waals surface area contributed by atoms with Gasteiger partial charge in [-0.3, -0.25) is 4.79 Å². The monoisotopic (exact) mass is 204 g/mol. The van der Waals surface area contributed by atoms with E-state index < -0.39 is 0 Å². The molecule has 11 heavy (non-hydrogen) atoms. The summed E-state index contributed by atoms with van der Waals surface area (Å²) < 4.78 is 0. The minimum atomic E-state index is -0.0255. The fourth-order valence-corrected chi connectivity index (χ4v) is 0.254. The van der Waals surface area contributed by atoms with E-state index in [2.05, 4.69) is 0 Å². The van der Waals surface area contributed by atoms with Crippen LogP contribution in [0.25, 0.3) is 0 Å². The van der Waals surface area contributed by atoms with E-state index in [1.54, 1.807) is 13.0 Å². The molecule has 0 aliphatic heterocycles. The Hall–Kier alpha value is -0.126. The molecule has 0 bridgehead atoms. The van der Waals surface area contributed by atoms with Crippen molar-refractivity contribution in [1.82, 2.24) is 0 Å². The molecule has 6 heteroatoms. The molecule has 0 atom stereocenters. The first-order valence-corrected chi connectivity index (χ1v) is 2.17. The SMILES string of the molecule is CC=CC(=O)CN.[F-].[F-].[F-].[Ti+3]. The number of ketones is 1. The number of carbonyl (C=O) groups excluding carboxylic acids is 1. The first-order chi connectivity index (χ1) is 3.31. The third kappa shape index (κ3) is 25.8. The Morgan fingerprint density at radius 1 is 1.36 bits per heavy atom. The average Bonchev–Trinajstić information content (AvgIpc) is 1.68. The predicted molar refractivity (Wildman–Crippen MR) is 28.9 cm³/mol. The van der Waals surface area contributed by atoms with E-state index in [1.165, 1.54) is 6.08 Å².